The van der Waals surface area contributed by atoms with Gasteiger partial charge in [-0.1, -0.05) is 12.1 Å². The van der Waals surface area contributed by atoms with Crippen molar-refractivity contribution < 1.29 is 0 Å². The molecule has 1 N–H and O–H groups in total. The van der Waals surface area contributed by atoms with Crippen LogP contribution in [0.2, 0.25) is 0 Å². The van der Waals surface area contributed by atoms with Crippen LogP contribution in [0.1, 0.15) is 10.4 Å². The molecule has 1 nitrogen and oxygen atoms in total. The van der Waals surface area contributed by atoms with Gasteiger partial charge in [0.25, 0.3) is 0 Å². The van der Waals surface area contributed by atoms with E-state index in [-0.39, 0.29) is 0 Å². The van der Waals surface area contributed by atoms with Crippen LogP contribution in [0.15, 0.2) is 35.7 Å². The average molecular weight is 329 g/mol. The summed E-state index contributed by atoms with van der Waals surface area (Å²) in [6.45, 7) is 3.07. The summed E-state index contributed by atoms with van der Waals surface area (Å²) in [5.74, 6) is 0. The molecule has 3 heteroatoms. The normalized spacial score (nSPS) is 10.3. The lowest BCUT2D eigenvalue weighted by molar-refractivity contribution is 1.18. The molecule has 1 aromatic carbocycles. The second kappa shape index (κ2) is 4.99. The van der Waals surface area contributed by atoms with Crippen molar-refractivity contribution in [3.05, 3.63) is 49.7 Å². The van der Waals surface area contributed by atoms with Crippen LogP contribution < -0.4 is 5.32 Å². The topological polar surface area (TPSA) is 12.0 Å². The second-order valence-electron chi connectivity index (χ2n) is 3.35. The number of rotatable bonds is 3. The Balaban J connectivity index is 2.08. The van der Waals surface area contributed by atoms with Crippen molar-refractivity contribution in [2.75, 3.05) is 5.32 Å². The van der Waals surface area contributed by atoms with Crippen molar-refractivity contribution in [1.82, 2.24) is 0 Å². The number of thiophene rings is 1. The molecule has 0 unspecified atom stereocenters. The lowest BCUT2D eigenvalue weighted by atomic mass is 10.2. The highest BCUT2D eigenvalue weighted by molar-refractivity contribution is 14.1. The molecule has 0 aliphatic rings. The Bertz CT molecular complexity index is 437. The van der Waals surface area contributed by atoms with E-state index in [0.717, 1.165) is 6.54 Å². The first-order chi connectivity index (χ1) is 7.27. The number of halogens is 1. The Morgan fingerprint density at radius 2 is 2.13 bits per heavy atom. The fourth-order valence-corrected chi connectivity index (χ4v) is 2.54. The highest BCUT2D eigenvalue weighted by Crippen LogP contribution is 2.21. The van der Waals surface area contributed by atoms with E-state index in [4.69, 9.17) is 0 Å². The standard InChI is InChI=1S/C12H12INS/c1-9-11(13)5-2-6-12(9)14-8-10-4-3-7-15-10/h2-7,14H,8H2,1H3. The summed E-state index contributed by atoms with van der Waals surface area (Å²) in [6, 6.07) is 10.6. The molecule has 1 aromatic heterocycles. The molecule has 0 aliphatic heterocycles. The van der Waals surface area contributed by atoms with Gasteiger partial charge < -0.3 is 5.32 Å². The van der Waals surface area contributed by atoms with Crippen LogP contribution in [-0.4, -0.2) is 0 Å². The predicted molar refractivity (Wildman–Crippen MR) is 75.5 cm³/mol. The van der Waals surface area contributed by atoms with Crippen LogP contribution in [0.5, 0.6) is 0 Å². The third-order valence-corrected chi connectivity index (χ3v) is 4.35. The highest BCUT2D eigenvalue weighted by atomic mass is 127. The van der Waals surface area contributed by atoms with Gasteiger partial charge in [-0.25, -0.2) is 0 Å². The van der Waals surface area contributed by atoms with Gasteiger partial charge in [0.2, 0.25) is 0 Å². The van der Waals surface area contributed by atoms with Crippen LogP contribution in [-0.2, 0) is 6.54 Å². The smallest absolute Gasteiger partial charge is 0.0494 e. The van der Waals surface area contributed by atoms with Crippen molar-refractivity contribution >= 4 is 39.6 Å². The van der Waals surface area contributed by atoms with Crippen LogP contribution in [0.3, 0.4) is 0 Å². The molecule has 0 spiro atoms. The zero-order valence-corrected chi connectivity index (χ0v) is 11.4. The highest BCUT2D eigenvalue weighted by Gasteiger charge is 2.01. The van der Waals surface area contributed by atoms with Gasteiger partial charge in [-0.05, 0) is 58.7 Å². The molecule has 0 atom stereocenters. The van der Waals surface area contributed by atoms with Gasteiger partial charge in [0.1, 0.15) is 0 Å². The Kier molecular flexibility index (Phi) is 3.64. The van der Waals surface area contributed by atoms with E-state index in [1.807, 2.05) is 0 Å². The minimum atomic E-state index is 0.915. The fourth-order valence-electron chi connectivity index (χ4n) is 1.39. The number of hydrogen-bond donors (Lipinski definition) is 1. The van der Waals surface area contributed by atoms with E-state index in [1.165, 1.54) is 19.7 Å². The van der Waals surface area contributed by atoms with Crippen molar-refractivity contribution in [2.45, 2.75) is 13.5 Å². The first-order valence-electron chi connectivity index (χ1n) is 4.79. The molecule has 0 radical (unpaired) electrons. The molecule has 0 amide bonds. The molecule has 2 rings (SSSR count). The van der Waals surface area contributed by atoms with E-state index < -0.39 is 0 Å². The quantitative estimate of drug-likeness (QED) is 0.829. The van der Waals surface area contributed by atoms with Crippen LogP contribution in [0.25, 0.3) is 0 Å². The number of nitrogens with one attached hydrogen (secondary N) is 1. The van der Waals surface area contributed by atoms with E-state index >= 15 is 0 Å². The molecule has 78 valence electrons. The summed E-state index contributed by atoms with van der Waals surface area (Å²) in [5, 5.41) is 5.57. The van der Waals surface area contributed by atoms with E-state index in [0.29, 0.717) is 0 Å². The van der Waals surface area contributed by atoms with Crippen LogP contribution in [0, 0.1) is 10.5 Å². The lowest BCUT2D eigenvalue weighted by Gasteiger charge is -2.09. The van der Waals surface area contributed by atoms with Gasteiger partial charge in [-0.15, -0.1) is 11.3 Å². The molecule has 0 fully saturated rings. The summed E-state index contributed by atoms with van der Waals surface area (Å²) in [4.78, 5) is 1.37. The maximum atomic E-state index is 3.46. The van der Waals surface area contributed by atoms with E-state index in [1.54, 1.807) is 11.3 Å². The summed E-state index contributed by atoms with van der Waals surface area (Å²) < 4.78 is 1.31. The molecule has 2 aromatic rings. The zero-order valence-electron chi connectivity index (χ0n) is 8.46. The Morgan fingerprint density at radius 1 is 1.27 bits per heavy atom. The van der Waals surface area contributed by atoms with Gasteiger partial charge >= 0.3 is 0 Å². The minimum absolute atomic E-state index is 0.915. The number of benzene rings is 1. The fraction of sp³-hybridized carbons (Fsp3) is 0.167. The van der Waals surface area contributed by atoms with Gasteiger partial charge in [-0.2, -0.15) is 0 Å². The third kappa shape index (κ3) is 2.72. The van der Waals surface area contributed by atoms with Gasteiger partial charge in [0, 0.05) is 20.7 Å². The Hall–Kier alpha value is -0.550. The van der Waals surface area contributed by atoms with Crippen LogP contribution in [0.4, 0.5) is 5.69 Å². The monoisotopic (exact) mass is 329 g/mol. The van der Waals surface area contributed by atoms with Gasteiger partial charge in [0.15, 0.2) is 0 Å². The maximum Gasteiger partial charge on any atom is 0.0494 e. The van der Waals surface area contributed by atoms with Crippen molar-refractivity contribution in [2.24, 2.45) is 0 Å². The molecule has 0 bridgehead atoms. The Labute approximate surface area is 108 Å². The number of hydrogen-bond acceptors (Lipinski definition) is 2. The predicted octanol–water partition coefficient (Wildman–Crippen LogP) is 4.27. The largest absolute Gasteiger partial charge is 0.380 e. The second-order valence-corrected chi connectivity index (χ2v) is 5.54. The molecule has 1 heterocycles. The average Bonchev–Trinajstić information content (AvgIpc) is 2.73. The number of anilines is 1. The molecule has 0 saturated heterocycles. The van der Waals surface area contributed by atoms with Gasteiger partial charge in [0.05, 0.1) is 0 Å². The molecule has 0 aliphatic carbocycles. The maximum absolute atomic E-state index is 3.46. The molecule has 15 heavy (non-hydrogen) atoms. The SMILES string of the molecule is Cc1c(I)cccc1NCc1cccs1. The molecular weight excluding hydrogens is 317 g/mol. The van der Waals surface area contributed by atoms with Crippen molar-refractivity contribution in [1.29, 1.82) is 0 Å². The first kappa shape index (κ1) is 11.0. The zero-order chi connectivity index (χ0) is 10.7. The summed E-state index contributed by atoms with van der Waals surface area (Å²) in [6.07, 6.45) is 0. The summed E-state index contributed by atoms with van der Waals surface area (Å²) in [5.41, 5.74) is 2.56. The van der Waals surface area contributed by atoms with Crippen molar-refractivity contribution in [3.8, 4) is 0 Å². The van der Waals surface area contributed by atoms with Crippen LogP contribution >= 0.6 is 33.9 Å². The summed E-state index contributed by atoms with van der Waals surface area (Å²) >= 11 is 4.15. The third-order valence-electron chi connectivity index (χ3n) is 2.30. The molecular formula is C12H12INS. The van der Waals surface area contributed by atoms with Gasteiger partial charge in [-0.3, -0.25) is 0 Å². The molecule has 0 saturated carbocycles. The Morgan fingerprint density at radius 3 is 2.87 bits per heavy atom. The van der Waals surface area contributed by atoms with E-state index in [2.05, 4.69) is 70.5 Å². The van der Waals surface area contributed by atoms with E-state index in [9.17, 15) is 0 Å². The lowest BCUT2D eigenvalue weighted by Crippen LogP contribution is -2.00. The summed E-state index contributed by atoms with van der Waals surface area (Å²) in [7, 11) is 0. The first-order valence-corrected chi connectivity index (χ1v) is 6.74. The van der Waals surface area contributed by atoms with Crippen molar-refractivity contribution in [3.63, 3.8) is 0 Å². The minimum Gasteiger partial charge on any atom is -0.380 e.